The number of esters is 1. The van der Waals surface area contributed by atoms with Crippen molar-refractivity contribution in [1.82, 2.24) is 0 Å². The van der Waals surface area contributed by atoms with Crippen LogP contribution in [0.2, 0.25) is 0 Å². The zero-order valence-electron chi connectivity index (χ0n) is 11.6. The summed E-state index contributed by atoms with van der Waals surface area (Å²) in [6.45, 7) is 8.17. The molecule has 1 atom stereocenters. The van der Waals surface area contributed by atoms with Crippen LogP contribution in [-0.2, 0) is 4.74 Å². The monoisotopic (exact) mass is 250 g/mol. The SMILES string of the molecule is CCC(CO)COC(=O)c1cc(C)cc(C)c1C. The Bertz CT molecular complexity index is 420. The number of ether oxygens (including phenoxy) is 1. The van der Waals surface area contributed by atoms with Gasteiger partial charge in [-0.25, -0.2) is 4.79 Å². The van der Waals surface area contributed by atoms with Crippen LogP contribution in [0.1, 0.15) is 40.4 Å². The molecule has 0 radical (unpaired) electrons. The summed E-state index contributed by atoms with van der Waals surface area (Å²) < 4.78 is 5.26. The van der Waals surface area contributed by atoms with Gasteiger partial charge in [0.05, 0.1) is 12.2 Å². The van der Waals surface area contributed by atoms with Crippen molar-refractivity contribution in [1.29, 1.82) is 0 Å². The molecule has 1 aromatic carbocycles. The molecule has 0 amide bonds. The standard InChI is InChI=1S/C15H22O3/c1-5-13(8-16)9-18-15(17)14-7-10(2)6-11(3)12(14)4/h6-7,13,16H,5,8-9H2,1-4H3. The van der Waals surface area contributed by atoms with E-state index in [0.717, 1.165) is 23.1 Å². The van der Waals surface area contributed by atoms with E-state index in [0.29, 0.717) is 5.56 Å². The molecule has 0 aromatic heterocycles. The zero-order chi connectivity index (χ0) is 13.7. The fourth-order valence-electron chi connectivity index (χ4n) is 1.82. The van der Waals surface area contributed by atoms with Gasteiger partial charge in [0.25, 0.3) is 0 Å². The maximum Gasteiger partial charge on any atom is 0.338 e. The Balaban J connectivity index is 2.78. The van der Waals surface area contributed by atoms with E-state index in [4.69, 9.17) is 9.84 Å². The van der Waals surface area contributed by atoms with E-state index in [1.165, 1.54) is 0 Å². The highest BCUT2D eigenvalue weighted by Gasteiger charge is 2.14. The van der Waals surface area contributed by atoms with E-state index in [9.17, 15) is 4.79 Å². The number of carbonyl (C=O) groups is 1. The lowest BCUT2D eigenvalue weighted by Crippen LogP contribution is -2.17. The smallest absolute Gasteiger partial charge is 0.338 e. The highest BCUT2D eigenvalue weighted by atomic mass is 16.5. The average Bonchev–Trinajstić information content (AvgIpc) is 2.34. The molecule has 0 saturated heterocycles. The Hall–Kier alpha value is -1.35. The lowest BCUT2D eigenvalue weighted by Gasteiger charge is -2.14. The zero-order valence-corrected chi connectivity index (χ0v) is 11.6. The summed E-state index contributed by atoms with van der Waals surface area (Å²) >= 11 is 0. The van der Waals surface area contributed by atoms with Crippen LogP contribution in [0, 0.1) is 26.7 Å². The molecular weight excluding hydrogens is 228 g/mol. The molecule has 0 aliphatic carbocycles. The molecule has 0 bridgehead atoms. The molecule has 100 valence electrons. The van der Waals surface area contributed by atoms with Crippen molar-refractivity contribution in [3.8, 4) is 0 Å². The van der Waals surface area contributed by atoms with Crippen molar-refractivity contribution in [2.45, 2.75) is 34.1 Å². The number of carbonyl (C=O) groups excluding carboxylic acids is 1. The second-order valence-electron chi connectivity index (χ2n) is 4.81. The Morgan fingerprint density at radius 3 is 2.56 bits per heavy atom. The molecule has 3 heteroatoms. The lowest BCUT2D eigenvalue weighted by atomic mass is 10.0. The van der Waals surface area contributed by atoms with Crippen molar-refractivity contribution < 1.29 is 14.6 Å². The van der Waals surface area contributed by atoms with Crippen LogP contribution < -0.4 is 0 Å². The molecule has 0 spiro atoms. The highest BCUT2D eigenvalue weighted by molar-refractivity contribution is 5.91. The van der Waals surface area contributed by atoms with E-state index in [1.54, 1.807) is 0 Å². The van der Waals surface area contributed by atoms with Crippen LogP contribution in [-0.4, -0.2) is 24.3 Å². The fourth-order valence-corrected chi connectivity index (χ4v) is 1.82. The summed E-state index contributed by atoms with van der Waals surface area (Å²) in [6, 6.07) is 3.90. The lowest BCUT2D eigenvalue weighted by molar-refractivity contribution is 0.0382. The minimum atomic E-state index is -0.300. The summed E-state index contributed by atoms with van der Waals surface area (Å²) in [7, 11) is 0. The first-order valence-corrected chi connectivity index (χ1v) is 6.35. The van der Waals surface area contributed by atoms with Crippen LogP contribution in [0.3, 0.4) is 0 Å². The van der Waals surface area contributed by atoms with E-state index >= 15 is 0 Å². The summed E-state index contributed by atoms with van der Waals surface area (Å²) in [5.74, 6) is -0.272. The van der Waals surface area contributed by atoms with Crippen LogP contribution in [0.15, 0.2) is 12.1 Å². The predicted octanol–water partition coefficient (Wildman–Crippen LogP) is 2.79. The van der Waals surface area contributed by atoms with Gasteiger partial charge in [-0.05, 0) is 49.9 Å². The van der Waals surface area contributed by atoms with Crippen LogP contribution in [0.25, 0.3) is 0 Å². The molecule has 0 saturated carbocycles. The molecule has 18 heavy (non-hydrogen) atoms. The molecule has 0 heterocycles. The summed E-state index contributed by atoms with van der Waals surface area (Å²) in [5.41, 5.74) is 3.73. The quantitative estimate of drug-likeness (QED) is 0.817. The topological polar surface area (TPSA) is 46.5 Å². The first-order chi connectivity index (χ1) is 8.49. The Morgan fingerprint density at radius 2 is 2.00 bits per heavy atom. The predicted molar refractivity (Wildman–Crippen MR) is 71.8 cm³/mol. The van der Waals surface area contributed by atoms with Gasteiger partial charge in [0.1, 0.15) is 0 Å². The Morgan fingerprint density at radius 1 is 1.33 bits per heavy atom. The number of aliphatic hydroxyl groups is 1. The van der Waals surface area contributed by atoms with Gasteiger partial charge in [-0.15, -0.1) is 0 Å². The normalized spacial score (nSPS) is 12.3. The van der Waals surface area contributed by atoms with Gasteiger partial charge in [-0.2, -0.15) is 0 Å². The van der Waals surface area contributed by atoms with Crippen molar-refractivity contribution in [2.75, 3.05) is 13.2 Å². The second kappa shape index (κ2) is 6.55. The number of rotatable bonds is 5. The molecule has 1 aromatic rings. The molecule has 1 N–H and O–H groups in total. The van der Waals surface area contributed by atoms with E-state index < -0.39 is 0 Å². The number of hydrogen-bond donors (Lipinski definition) is 1. The molecule has 1 rings (SSSR count). The van der Waals surface area contributed by atoms with Crippen LogP contribution >= 0.6 is 0 Å². The first kappa shape index (κ1) is 14.7. The first-order valence-electron chi connectivity index (χ1n) is 6.35. The summed E-state index contributed by atoms with van der Waals surface area (Å²) in [6.07, 6.45) is 0.801. The van der Waals surface area contributed by atoms with Gasteiger partial charge < -0.3 is 9.84 Å². The number of aliphatic hydroxyl groups excluding tert-OH is 1. The van der Waals surface area contributed by atoms with Crippen molar-refractivity contribution >= 4 is 5.97 Å². The molecule has 3 nitrogen and oxygen atoms in total. The Labute approximate surface area is 109 Å². The van der Waals surface area contributed by atoms with Crippen molar-refractivity contribution in [2.24, 2.45) is 5.92 Å². The maximum absolute atomic E-state index is 12.0. The number of benzene rings is 1. The van der Waals surface area contributed by atoms with Crippen LogP contribution in [0.4, 0.5) is 0 Å². The summed E-state index contributed by atoms with van der Waals surface area (Å²) in [5, 5.41) is 9.06. The van der Waals surface area contributed by atoms with Crippen molar-refractivity contribution in [3.05, 3.63) is 34.4 Å². The van der Waals surface area contributed by atoms with Crippen molar-refractivity contribution in [3.63, 3.8) is 0 Å². The third-order valence-electron chi connectivity index (χ3n) is 3.32. The molecule has 0 aliphatic heterocycles. The van der Waals surface area contributed by atoms with Gasteiger partial charge in [0.15, 0.2) is 0 Å². The molecule has 0 fully saturated rings. The number of aryl methyl sites for hydroxylation is 2. The van der Waals surface area contributed by atoms with Gasteiger partial charge in [-0.3, -0.25) is 0 Å². The van der Waals surface area contributed by atoms with E-state index in [2.05, 4.69) is 6.07 Å². The molecule has 1 unspecified atom stereocenters. The van der Waals surface area contributed by atoms with Crippen LogP contribution in [0.5, 0.6) is 0 Å². The number of hydrogen-bond acceptors (Lipinski definition) is 3. The van der Waals surface area contributed by atoms with Gasteiger partial charge in [0, 0.05) is 12.5 Å². The minimum Gasteiger partial charge on any atom is -0.462 e. The summed E-state index contributed by atoms with van der Waals surface area (Å²) in [4.78, 5) is 12.0. The largest absolute Gasteiger partial charge is 0.462 e. The molecular formula is C15H22O3. The third-order valence-corrected chi connectivity index (χ3v) is 3.32. The second-order valence-corrected chi connectivity index (χ2v) is 4.81. The van der Waals surface area contributed by atoms with E-state index in [1.807, 2.05) is 33.8 Å². The Kier molecular flexibility index (Phi) is 5.35. The van der Waals surface area contributed by atoms with Gasteiger partial charge >= 0.3 is 5.97 Å². The fraction of sp³-hybridized carbons (Fsp3) is 0.533. The van der Waals surface area contributed by atoms with E-state index in [-0.39, 0.29) is 25.1 Å². The highest BCUT2D eigenvalue weighted by Crippen LogP contribution is 2.17. The average molecular weight is 250 g/mol. The third kappa shape index (κ3) is 3.57. The van der Waals surface area contributed by atoms with Gasteiger partial charge in [-0.1, -0.05) is 13.0 Å². The van der Waals surface area contributed by atoms with Gasteiger partial charge in [0.2, 0.25) is 0 Å². The minimum absolute atomic E-state index is 0.0279. The maximum atomic E-state index is 12.0. The molecule has 0 aliphatic rings.